The largest absolute Gasteiger partial charge is 0.330 e. The Morgan fingerprint density at radius 3 is 2.58 bits per heavy atom. The van der Waals surface area contributed by atoms with Crippen molar-refractivity contribution in [2.24, 2.45) is 11.1 Å². The summed E-state index contributed by atoms with van der Waals surface area (Å²) in [6.07, 6.45) is -1.21. The topological polar surface area (TPSA) is 29.3 Å². The van der Waals surface area contributed by atoms with E-state index >= 15 is 0 Å². The third-order valence-electron chi connectivity index (χ3n) is 2.68. The van der Waals surface area contributed by atoms with E-state index in [1.165, 1.54) is 0 Å². The van der Waals surface area contributed by atoms with Gasteiger partial charge in [0.25, 0.3) is 0 Å². The van der Waals surface area contributed by atoms with E-state index in [2.05, 4.69) is 0 Å². The standard InChI is InChI=1S/C8H16F2N2/c1-12-5-3-8(6-12,2-4-11)7(9)10/h7H,2-6,11H2,1H3. The molecule has 0 aromatic rings. The lowest BCUT2D eigenvalue weighted by Crippen LogP contribution is -2.34. The number of hydrogen-bond donors (Lipinski definition) is 1. The van der Waals surface area contributed by atoms with E-state index in [0.29, 0.717) is 25.9 Å². The van der Waals surface area contributed by atoms with Gasteiger partial charge in [-0.2, -0.15) is 0 Å². The summed E-state index contributed by atoms with van der Waals surface area (Å²) in [5.74, 6) is 0. The molecular formula is C8H16F2N2. The minimum Gasteiger partial charge on any atom is -0.330 e. The lowest BCUT2D eigenvalue weighted by atomic mass is 9.84. The molecule has 1 aliphatic heterocycles. The first-order valence-electron chi connectivity index (χ1n) is 4.27. The van der Waals surface area contributed by atoms with Crippen LogP contribution in [0.2, 0.25) is 0 Å². The van der Waals surface area contributed by atoms with Crippen molar-refractivity contribution in [2.75, 3.05) is 26.7 Å². The molecule has 1 heterocycles. The number of nitrogens with two attached hydrogens (primary N) is 1. The quantitative estimate of drug-likeness (QED) is 0.696. The van der Waals surface area contributed by atoms with Crippen molar-refractivity contribution in [1.82, 2.24) is 4.90 Å². The summed E-state index contributed by atoms with van der Waals surface area (Å²) in [5.41, 5.74) is 4.51. The highest BCUT2D eigenvalue weighted by Gasteiger charge is 2.43. The minimum atomic E-state index is -2.23. The maximum absolute atomic E-state index is 12.7. The smallest absolute Gasteiger partial charge is 0.245 e. The molecule has 0 aromatic carbocycles. The molecule has 1 rings (SSSR count). The van der Waals surface area contributed by atoms with Gasteiger partial charge >= 0.3 is 0 Å². The minimum absolute atomic E-state index is 0.359. The highest BCUT2D eigenvalue weighted by Crippen LogP contribution is 2.38. The van der Waals surface area contributed by atoms with E-state index in [1.807, 2.05) is 11.9 Å². The predicted octanol–water partition coefficient (Wildman–Crippen LogP) is 0.922. The molecule has 1 saturated heterocycles. The second kappa shape index (κ2) is 3.66. The van der Waals surface area contributed by atoms with Crippen molar-refractivity contribution in [3.05, 3.63) is 0 Å². The Hall–Kier alpha value is -0.220. The first kappa shape index (κ1) is 9.86. The second-order valence-corrected chi connectivity index (χ2v) is 3.69. The molecule has 2 nitrogen and oxygen atoms in total. The van der Waals surface area contributed by atoms with Crippen molar-refractivity contribution in [1.29, 1.82) is 0 Å². The molecule has 72 valence electrons. The maximum atomic E-state index is 12.7. The van der Waals surface area contributed by atoms with E-state index < -0.39 is 11.8 Å². The average Bonchev–Trinajstić information content (AvgIpc) is 2.34. The monoisotopic (exact) mass is 178 g/mol. The molecule has 4 heteroatoms. The van der Waals surface area contributed by atoms with Crippen molar-refractivity contribution < 1.29 is 8.78 Å². The van der Waals surface area contributed by atoms with Crippen molar-refractivity contribution in [3.8, 4) is 0 Å². The zero-order chi connectivity index (χ0) is 9.19. The fourth-order valence-corrected chi connectivity index (χ4v) is 1.89. The molecule has 0 aromatic heterocycles. The summed E-state index contributed by atoms with van der Waals surface area (Å²) in [7, 11) is 1.88. The van der Waals surface area contributed by atoms with E-state index in [9.17, 15) is 8.78 Å². The van der Waals surface area contributed by atoms with Gasteiger partial charge in [-0.15, -0.1) is 0 Å². The molecule has 1 aliphatic rings. The number of alkyl halides is 2. The molecule has 0 aliphatic carbocycles. The third-order valence-corrected chi connectivity index (χ3v) is 2.68. The normalized spacial score (nSPS) is 31.8. The van der Waals surface area contributed by atoms with E-state index in [-0.39, 0.29) is 0 Å². The van der Waals surface area contributed by atoms with Gasteiger partial charge in [0.1, 0.15) is 0 Å². The summed E-state index contributed by atoms with van der Waals surface area (Å²) in [4.78, 5) is 1.95. The van der Waals surface area contributed by atoms with Crippen molar-refractivity contribution >= 4 is 0 Å². The van der Waals surface area contributed by atoms with E-state index in [4.69, 9.17) is 5.73 Å². The first-order chi connectivity index (χ1) is 5.60. The van der Waals surface area contributed by atoms with Crippen molar-refractivity contribution in [3.63, 3.8) is 0 Å². The van der Waals surface area contributed by atoms with Crippen LogP contribution < -0.4 is 5.73 Å². The molecular weight excluding hydrogens is 162 g/mol. The summed E-state index contributed by atoms with van der Waals surface area (Å²) < 4.78 is 25.3. The molecule has 1 unspecified atom stereocenters. The summed E-state index contributed by atoms with van der Waals surface area (Å²) in [6.45, 7) is 1.62. The van der Waals surface area contributed by atoms with Gasteiger partial charge in [0, 0.05) is 12.0 Å². The Bertz CT molecular complexity index is 148. The van der Waals surface area contributed by atoms with Crippen LogP contribution in [-0.2, 0) is 0 Å². The molecule has 1 atom stereocenters. The fourth-order valence-electron chi connectivity index (χ4n) is 1.89. The van der Waals surface area contributed by atoms with Crippen LogP contribution in [0.5, 0.6) is 0 Å². The second-order valence-electron chi connectivity index (χ2n) is 3.69. The molecule has 0 radical (unpaired) electrons. The zero-order valence-corrected chi connectivity index (χ0v) is 7.39. The molecule has 0 amide bonds. The third kappa shape index (κ3) is 1.75. The maximum Gasteiger partial charge on any atom is 0.245 e. The molecule has 0 saturated carbocycles. The fraction of sp³-hybridized carbons (Fsp3) is 1.00. The molecule has 1 fully saturated rings. The first-order valence-corrected chi connectivity index (χ1v) is 4.27. The highest BCUT2D eigenvalue weighted by molar-refractivity contribution is 4.90. The van der Waals surface area contributed by atoms with Crippen LogP contribution in [0.3, 0.4) is 0 Å². The molecule has 2 N–H and O–H groups in total. The van der Waals surface area contributed by atoms with Gasteiger partial charge in [-0.1, -0.05) is 0 Å². The van der Waals surface area contributed by atoms with Gasteiger partial charge in [0.15, 0.2) is 0 Å². The molecule has 0 spiro atoms. The number of halogens is 2. The Labute approximate surface area is 71.7 Å². The molecule has 12 heavy (non-hydrogen) atoms. The summed E-state index contributed by atoms with van der Waals surface area (Å²) in [5, 5.41) is 0. The number of likely N-dealkylation sites (tertiary alicyclic amines) is 1. The Kier molecular flexibility index (Phi) is 3.01. The van der Waals surface area contributed by atoms with Gasteiger partial charge in [-0.25, -0.2) is 8.78 Å². The Balaban J connectivity index is 2.61. The van der Waals surface area contributed by atoms with Crippen molar-refractivity contribution in [2.45, 2.75) is 19.3 Å². The Morgan fingerprint density at radius 2 is 2.25 bits per heavy atom. The van der Waals surface area contributed by atoms with Gasteiger partial charge in [-0.05, 0) is 33.0 Å². The van der Waals surface area contributed by atoms with E-state index in [1.54, 1.807) is 0 Å². The lowest BCUT2D eigenvalue weighted by molar-refractivity contribution is -0.00198. The van der Waals surface area contributed by atoms with Crippen LogP contribution in [0.25, 0.3) is 0 Å². The van der Waals surface area contributed by atoms with Crippen LogP contribution in [0.4, 0.5) is 8.78 Å². The van der Waals surface area contributed by atoms with Gasteiger partial charge < -0.3 is 10.6 Å². The Morgan fingerprint density at radius 1 is 1.58 bits per heavy atom. The van der Waals surface area contributed by atoms with Crippen LogP contribution in [-0.4, -0.2) is 38.0 Å². The number of nitrogens with zero attached hydrogens (tertiary/aromatic N) is 1. The van der Waals surface area contributed by atoms with Gasteiger partial charge in [0.05, 0.1) is 0 Å². The zero-order valence-electron chi connectivity index (χ0n) is 7.39. The predicted molar refractivity (Wildman–Crippen MR) is 44.2 cm³/mol. The highest BCUT2D eigenvalue weighted by atomic mass is 19.3. The van der Waals surface area contributed by atoms with E-state index in [0.717, 1.165) is 6.54 Å². The SMILES string of the molecule is CN1CCC(CCN)(C(F)F)C1. The van der Waals surface area contributed by atoms with Crippen LogP contribution >= 0.6 is 0 Å². The van der Waals surface area contributed by atoms with Gasteiger partial charge in [0.2, 0.25) is 6.43 Å². The van der Waals surface area contributed by atoms with Gasteiger partial charge in [-0.3, -0.25) is 0 Å². The number of rotatable bonds is 3. The van der Waals surface area contributed by atoms with Crippen LogP contribution in [0.15, 0.2) is 0 Å². The summed E-state index contributed by atoms with van der Waals surface area (Å²) in [6, 6.07) is 0. The summed E-state index contributed by atoms with van der Waals surface area (Å²) >= 11 is 0. The number of hydrogen-bond acceptors (Lipinski definition) is 2. The lowest BCUT2D eigenvalue weighted by Gasteiger charge is -2.27. The van der Waals surface area contributed by atoms with Crippen LogP contribution in [0, 0.1) is 5.41 Å². The average molecular weight is 178 g/mol. The molecule has 0 bridgehead atoms. The van der Waals surface area contributed by atoms with Crippen LogP contribution in [0.1, 0.15) is 12.8 Å².